The Morgan fingerprint density at radius 1 is 1.47 bits per heavy atom. The van der Waals surface area contributed by atoms with Crippen molar-refractivity contribution in [2.75, 3.05) is 26.4 Å². The van der Waals surface area contributed by atoms with Crippen molar-refractivity contribution in [3.8, 4) is 0 Å². The van der Waals surface area contributed by atoms with E-state index >= 15 is 0 Å². The van der Waals surface area contributed by atoms with E-state index in [1.54, 1.807) is 0 Å². The molecule has 0 saturated carbocycles. The van der Waals surface area contributed by atoms with E-state index in [2.05, 4.69) is 5.32 Å². The van der Waals surface area contributed by atoms with Gasteiger partial charge in [-0.25, -0.2) is 4.39 Å². The SMILES string of the molecule is O=C(NC[C@H]1CCOC1)[C@H](CO)c1ccc(F)cc1. The highest BCUT2D eigenvalue weighted by molar-refractivity contribution is 5.83. The standard InChI is InChI=1S/C14H18FNO3/c15-12-3-1-11(2-4-12)13(8-17)14(18)16-7-10-5-6-19-9-10/h1-4,10,13,17H,5-9H2,(H,16,18)/t10-,13-/m1/s1. The van der Waals surface area contributed by atoms with Gasteiger partial charge in [0, 0.05) is 19.1 Å². The zero-order chi connectivity index (χ0) is 13.7. The Labute approximate surface area is 111 Å². The van der Waals surface area contributed by atoms with Gasteiger partial charge < -0.3 is 15.2 Å². The molecule has 0 spiro atoms. The largest absolute Gasteiger partial charge is 0.395 e. The minimum Gasteiger partial charge on any atom is -0.395 e. The van der Waals surface area contributed by atoms with Gasteiger partial charge in [-0.15, -0.1) is 0 Å². The first-order valence-corrected chi connectivity index (χ1v) is 6.42. The summed E-state index contributed by atoms with van der Waals surface area (Å²) in [6, 6.07) is 5.62. The Hall–Kier alpha value is -1.46. The van der Waals surface area contributed by atoms with Gasteiger partial charge in [0.25, 0.3) is 0 Å². The van der Waals surface area contributed by atoms with Crippen molar-refractivity contribution in [1.29, 1.82) is 0 Å². The van der Waals surface area contributed by atoms with Gasteiger partial charge in [-0.3, -0.25) is 4.79 Å². The number of halogens is 1. The Kier molecular flexibility index (Phi) is 4.87. The number of nitrogens with one attached hydrogen (secondary N) is 1. The van der Waals surface area contributed by atoms with Crippen molar-refractivity contribution in [2.24, 2.45) is 5.92 Å². The summed E-state index contributed by atoms with van der Waals surface area (Å²) in [5, 5.41) is 12.1. The summed E-state index contributed by atoms with van der Waals surface area (Å²) in [7, 11) is 0. The normalized spacial score (nSPS) is 20.2. The molecule has 2 atom stereocenters. The van der Waals surface area contributed by atoms with Gasteiger partial charge in [0.15, 0.2) is 0 Å². The van der Waals surface area contributed by atoms with Gasteiger partial charge in [-0.05, 0) is 24.1 Å². The average molecular weight is 267 g/mol. The van der Waals surface area contributed by atoms with Crippen LogP contribution in [0.4, 0.5) is 4.39 Å². The van der Waals surface area contributed by atoms with Crippen LogP contribution in [-0.4, -0.2) is 37.4 Å². The van der Waals surface area contributed by atoms with Gasteiger partial charge in [0.05, 0.1) is 19.1 Å². The lowest BCUT2D eigenvalue weighted by Crippen LogP contribution is -2.35. The van der Waals surface area contributed by atoms with Gasteiger partial charge in [0.2, 0.25) is 5.91 Å². The molecule has 1 aliphatic rings. The number of rotatable bonds is 5. The Morgan fingerprint density at radius 3 is 2.79 bits per heavy atom. The van der Waals surface area contributed by atoms with Crippen LogP contribution in [0.25, 0.3) is 0 Å². The summed E-state index contributed by atoms with van der Waals surface area (Å²) in [5.41, 5.74) is 0.615. The molecule has 1 heterocycles. The van der Waals surface area contributed by atoms with Crippen LogP contribution >= 0.6 is 0 Å². The molecule has 4 nitrogen and oxygen atoms in total. The van der Waals surface area contributed by atoms with E-state index in [4.69, 9.17) is 4.74 Å². The zero-order valence-electron chi connectivity index (χ0n) is 10.6. The van der Waals surface area contributed by atoms with E-state index < -0.39 is 5.92 Å². The predicted octanol–water partition coefficient (Wildman–Crippen LogP) is 1.05. The maximum Gasteiger partial charge on any atom is 0.229 e. The van der Waals surface area contributed by atoms with Crippen LogP contribution < -0.4 is 5.32 Å². The first-order chi connectivity index (χ1) is 9.20. The molecule has 19 heavy (non-hydrogen) atoms. The zero-order valence-corrected chi connectivity index (χ0v) is 10.6. The Morgan fingerprint density at radius 2 is 2.21 bits per heavy atom. The summed E-state index contributed by atoms with van der Waals surface area (Å²) in [6.07, 6.45) is 0.945. The molecule has 0 unspecified atom stereocenters. The summed E-state index contributed by atoms with van der Waals surface area (Å²) >= 11 is 0. The van der Waals surface area contributed by atoms with Crippen LogP contribution in [0.3, 0.4) is 0 Å². The number of ether oxygens (including phenoxy) is 1. The lowest BCUT2D eigenvalue weighted by molar-refractivity contribution is -0.123. The number of aliphatic hydroxyl groups excluding tert-OH is 1. The van der Waals surface area contributed by atoms with Crippen LogP contribution in [0.15, 0.2) is 24.3 Å². The summed E-state index contributed by atoms with van der Waals surface area (Å²) in [6.45, 7) is 1.66. The van der Waals surface area contributed by atoms with Gasteiger partial charge in [0.1, 0.15) is 5.82 Å². The van der Waals surface area contributed by atoms with Gasteiger partial charge >= 0.3 is 0 Å². The number of amides is 1. The highest BCUT2D eigenvalue weighted by atomic mass is 19.1. The topological polar surface area (TPSA) is 58.6 Å². The Bertz CT molecular complexity index is 415. The highest BCUT2D eigenvalue weighted by Crippen LogP contribution is 2.17. The second-order valence-electron chi connectivity index (χ2n) is 4.76. The molecule has 5 heteroatoms. The summed E-state index contributed by atoms with van der Waals surface area (Å²) in [4.78, 5) is 12.0. The number of hydrogen-bond acceptors (Lipinski definition) is 3. The minimum absolute atomic E-state index is 0.235. The third-order valence-corrected chi connectivity index (χ3v) is 3.36. The van der Waals surface area contributed by atoms with E-state index in [1.165, 1.54) is 24.3 Å². The molecule has 1 aliphatic heterocycles. The van der Waals surface area contributed by atoms with Crippen LogP contribution in [0.2, 0.25) is 0 Å². The number of carbonyl (C=O) groups is 1. The van der Waals surface area contributed by atoms with Crippen molar-refractivity contribution in [2.45, 2.75) is 12.3 Å². The summed E-state index contributed by atoms with van der Waals surface area (Å²) in [5.74, 6) is -0.899. The summed E-state index contributed by atoms with van der Waals surface area (Å²) < 4.78 is 18.1. The van der Waals surface area contributed by atoms with E-state index in [-0.39, 0.29) is 18.3 Å². The van der Waals surface area contributed by atoms with Gasteiger partial charge in [-0.2, -0.15) is 0 Å². The molecular formula is C14H18FNO3. The molecule has 1 aromatic carbocycles. The number of benzene rings is 1. The monoisotopic (exact) mass is 267 g/mol. The molecule has 1 fully saturated rings. The third kappa shape index (κ3) is 3.75. The van der Waals surface area contributed by atoms with Crippen molar-refractivity contribution in [3.05, 3.63) is 35.6 Å². The molecule has 1 aromatic rings. The smallest absolute Gasteiger partial charge is 0.229 e. The fourth-order valence-electron chi connectivity index (χ4n) is 2.15. The van der Waals surface area contributed by atoms with Crippen molar-refractivity contribution < 1.29 is 19.0 Å². The second kappa shape index (κ2) is 6.63. The number of aliphatic hydroxyl groups is 1. The molecule has 0 aromatic heterocycles. The third-order valence-electron chi connectivity index (χ3n) is 3.36. The minimum atomic E-state index is -0.650. The van der Waals surface area contributed by atoms with Crippen molar-refractivity contribution in [1.82, 2.24) is 5.32 Å². The molecule has 104 valence electrons. The number of hydrogen-bond donors (Lipinski definition) is 2. The predicted molar refractivity (Wildman–Crippen MR) is 68.2 cm³/mol. The second-order valence-corrected chi connectivity index (χ2v) is 4.76. The molecule has 2 rings (SSSR count). The fraction of sp³-hybridized carbons (Fsp3) is 0.500. The van der Waals surface area contributed by atoms with E-state index in [0.29, 0.717) is 24.6 Å². The molecule has 1 saturated heterocycles. The van der Waals surface area contributed by atoms with Crippen molar-refractivity contribution in [3.63, 3.8) is 0 Å². The van der Waals surface area contributed by atoms with Crippen LogP contribution in [0.5, 0.6) is 0 Å². The van der Waals surface area contributed by atoms with Crippen molar-refractivity contribution >= 4 is 5.91 Å². The van der Waals surface area contributed by atoms with E-state index in [0.717, 1.165) is 13.0 Å². The van der Waals surface area contributed by atoms with E-state index in [9.17, 15) is 14.3 Å². The lowest BCUT2D eigenvalue weighted by Gasteiger charge is -2.16. The van der Waals surface area contributed by atoms with Crippen LogP contribution in [-0.2, 0) is 9.53 Å². The lowest BCUT2D eigenvalue weighted by atomic mass is 9.98. The number of carbonyl (C=O) groups excluding carboxylic acids is 1. The molecule has 1 amide bonds. The van der Waals surface area contributed by atoms with Crippen LogP contribution in [0.1, 0.15) is 17.9 Å². The first kappa shape index (κ1) is 14.0. The highest BCUT2D eigenvalue weighted by Gasteiger charge is 2.22. The maximum atomic E-state index is 12.8. The maximum absolute atomic E-state index is 12.8. The molecule has 2 N–H and O–H groups in total. The van der Waals surface area contributed by atoms with Gasteiger partial charge in [-0.1, -0.05) is 12.1 Å². The molecule has 0 radical (unpaired) electrons. The molecule has 0 bridgehead atoms. The van der Waals surface area contributed by atoms with Crippen LogP contribution in [0, 0.1) is 11.7 Å². The average Bonchev–Trinajstić information content (AvgIpc) is 2.92. The molecular weight excluding hydrogens is 249 g/mol. The Balaban J connectivity index is 1.92. The van der Waals surface area contributed by atoms with E-state index in [1.807, 2.05) is 0 Å². The quantitative estimate of drug-likeness (QED) is 0.838. The molecule has 0 aliphatic carbocycles. The fourth-order valence-corrected chi connectivity index (χ4v) is 2.15. The first-order valence-electron chi connectivity index (χ1n) is 6.42.